The van der Waals surface area contributed by atoms with Crippen molar-refractivity contribution in [1.82, 2.24) is 4.98 Å². The van der Waals surface area contributed by atoms with Gasteiger partial charge >= 0.3 is 11.9 Å². The minimum atomic E-state index is -0.614. The van der Waals surface area contributed by atoms with E-state index in [0.717, 1.165) is 17.2 Å². The highest BCUT2D eigenvalue weighted by Crippen LogP contribution is 2.24. The van der Waals surface area contributed by atoms with Crippen molar-refractivity contribution in [2.75, 3.05) is 13.2 Å². The van der Waals surface area contributed by atoms with Crippen molar-refractivity contribution < 1.29 is 28.6 Å². The monoisotopic (exact) mass is 407 g/mol. The molecule has 0 aliphatic heterocycles. The van der Waals surface area contributed by atoms with Gasteiger partial charge in [-0.3, -0.25) is 4.79 Å². The molecule has 7 nitrogen and oxygen atoms in total. The topological polar surface area (TPSA) is 91.8 Å². The molecular weight excluding hydrogens is 386 g/mol. The minimum Gasteiger partial charge on any atom is -0.482 e. The van der Waals surface area contributed by atoms with Crippen LogP contribution in [0.1, 0.15) is 38.9 Å². The first-order valence-corrected chi connectivity index (χ1v) is 9.42. The van der Waals surface area contributed by atoms with Crippen LogP contribution in [0.3, 0.4) is 0 Å². The molecule has 0 fully saturated rings. The van der Waals surface area contributed by atoms with Crippen molar-refractivity contribution in [3.63, 3.8) is 0 Å². The highest BCUT2D eigenvalue weighted by atomic mass is 16.6. The molecule has 2 aromatic carbocycles. The Kier molecular flexibility index (Phi) is 6.75. The lowest BCUT2D eigenvalue weighted by molar-refractivity contribution is -0.147. The quantitative estimate of drug-likeness (QED) is 0.416. The van der Waals surface area contributed by atoms with E-state index in [1.807, 2.05) is 31.2 Å². The number of nitrogens with zero attached hydrogens (tertiary/aromatic N) is 1. The standard InChI is InChI=1S/C23H21NO6/c1-3-28-23(27)22-15(2)18-6-4-5-7-19(18)24-20(22)13-30-21(26)14-29-17-10-8-16(12-25)9-11-17/h4-12H,3,13-14H2,1-2H3. The zero-order valence-electron chi connectivity index (χ0n) is 16.7. The molecule has 1 aromatic heterocycles. The van der Waals surface area contributed by atoms with E-state index in [1.54, 1.807) is 31.2 Å². The van der Waals surface area contributed by atoms with Crippen molar-refractivity contribution in [1.29, 1.82) is 0 Å². The largest absolute Gasteiger partial charge is 0.482 e. The molecular formula is C23H21NO6. The van der Waals surface area contributed by atoms with Crippen LogP contribution in [0.15, 0.2) is 48.5 Å². The summed E-state index contributed by atoms with van der Waals surface area (Å²) in [4.78, 5) is 39.8. The van der Waals surface area contributed by atoms with Crippen molar-refractivity contribution in [3.8, 4) is 5.75 Å². The number of hydrogen-bond donors (Lipinski definition) is 0. The van der Waals surface area contributed by atoms with E-state index in [-0.39, 0.29) is 19.8 Å². The van der Waals surface area contributed by atoms with Crippen molar-refractivity contribution in [2.45, 2.75) is 20.5 Å². The van der Waals surface area contributed by atoms with Crippen LogP contribution in [-0.2, 0) is 20.9 Å². The first kappa shape index (κ1) is 21.0. The number of aromatic nitrogens is 1. The fourth-order valence-corrected chi connectivity index (χ4v) is 2.99. The van der Waals surface area contributed by atoms with Crippen LogP contribution in [0.5, 0.6) is 5.75 Å². The predicted octanol–water partition coefficient (Wildman–Crippen LogP) is 3.65. The Balaban J connectivity index is 1.73. The number of para-hydroxylation sites is 1. The molecule has 1 heterocycles. The summed E-state index contributed by atoms with van der Waals surface area (Å²) in [6.07, 6.45) is 0.720. The van der Waals surface area contributed by atoms with Crippen LogP contribution in [0.4, 0.5) is 0 Å². The fourth-order valence-electron chi connectivity index (χ4n) is 2.99. The molecule has 0 unspecified atom stereocenters. The van der Waals surface area contributed by atoms with Gasteiger partial charge in [0, 0.05) is 10.9 Å². The Morgan fingerprint density at radius 3 is 2.47 bits per heavy atom. The maximum Gasteiger partial charge on any atom is 0.344 e. The number of aryl methyl sites for hydroxylation is 1. The third-order valence-electron chi connectivity index (χ3n) is 4.45. The molecule has 0 radical (unpaired) electrons. The molecule has 30 heavy (non-hydrogen) atoms. The molecule has 154 valence electrons. The first-order valence-electron chi connectivity index (χ1n) is 9.42. The SMILES string of the molecule is CCOC(=O)c1c(COC(=O)COc2ccc(C=O)cc2)nc2ccccc2c1C. The third-order valence-corrected chi connectivity index (χ3v) is 4.45. The molecule has 3 rings (SSSR count). The Hall–Kier alpha value is -3.74. The van der Waals surface area contributed by atoms with Crippen molar-refractivity contribution in [3.05, 3.63) is 70.9 Å². The lowest BCUT2D eigenvalue weighted by Gasteiger charge is -2.14. The van der Waals surface area contributed by atoms with Gasteiger partial charge in [-0.1, -0.05) is 18.2 Å². The number of esters is 2. The molecule has 0 amide bonds. The molecule has 0 aliphatic carbocycles. The van der Waals surface area contributed by atoms with E-state index in [2.05, 4.69) is 4.98 Å². The fraction of sp³-hybridized carbons (Fsp3) is 0.217. The number of pyridine rings is 1. The number of fused-ring (bicyclic) bond motifs is 1. The molecule has 3 aromatic rings. The molecule has 0 saturated heterocycles. The highest BCUT2D eigenvalue weighted by Gasteiger charge is 2.21. The molecule has 0 bridgehead atoms. The Bertz CT molecular complexity index is 1070. The van der Waals surface area contributed by atoms with Gasteiger partial charge in [0.25, 0.3) is 0 Å². The maximum atomic E-state index is 12.5. The molecule has 0 N–H and O–H groups in total. The van der Waals surface area contributed by atoms with E-state index < -0.39 is 11.9 Å². The summed E-state index contributed by atoms with van der Waals surface area (Å²) in [6, 6.07) is 13.8. The van der Waals surface area contributed by atoms with Gasteiger partial charge in [-0.25, -0.2) is 14.6 Å². The summed E-state index contributed by atoms with van der Waals surface area (Å²) in [5.74, 6) is -0.688. The van der Waals surface area contributed by atoms with Gasteiger partial charge in [-0.15, -0.1) is 0 Å². The summed E-state index contributed by atoms with van der Waals surface area (Å²) in [5, 5.41) is 0.831. The maximum absolute atomic E-state index is 12.5. The van der Waals surface area contributed by atoms with E-state index in [4.69, 9.17) is 14.2 Å². The van der Waals surface area contributed by atoms with Gasteiger partial charge < -0.3 is 14.2 Å². The average Bonchev–Trinajstić information content (AvgIpc) is 2.76. The van der Waals surface area contributed by atoms with Crippen LogP contribution < -0.4 is 4.74 Å². The van der Waals surface area contributed by atoms with Crippen LogP contribution in [-0.4, -0.2) is 36.4 Å². The van der Waals surface area contributed by atoms with E-state index >= 15 is 0 Å². The lowest BCUT2D eigenvalue weighted by Crippen LogP contribution is -2.18. The number of rotatable bonds is 8. The number of benzene rings is 2. The third kappa shape index (κ3) is 4.81. The average molecular weight is 407 g/mol. The summed E-state index contributed by atoms with van der Waals surface area (Å²) >= 11 is 0. The van der Waals surface area contributed by atoms with Gasteiger partial charge in [0.15, 0.2) is 6.61 Å². The van der Waals surface area contributed by atoms with Crippen LogP contribution in [0.25, 0.3) is 10.9 Å². The zero-order chi connectivity index (χ0) is 21.5. The summed E-state index contributed by atoms with van der Waals surface area (Å²) in [6.45, 7) is 3.25. The predicted molar refractivity (Wildman–Crippen MR) is 110 cm³/mol. The second-order valence-corrected chi connectivity index (χ2v) is 6.43. The molecule has 0 aliphatic rings. The number of hydrogen-bond acceptors (Lipinski definition) is 7. The van der Waals surface area contributed by atoms with Crippen molar-refractivity contribution in [2.24, 2.45) is 0 Å². The molecule has 0 spiro atoms. The second-order valence-electron chi connectivity index (χ2n) is 6.43. The lowest BCUT2D eigenvalue weighted by atomic mass is 10.0. The Labute approximate surface area is 173 Å². The normalized spacial score (nSPS) is 10.5. The van der Waals surface area contributed by atoms with E-state index in [9.17, 15) is 14.4 Å². The van der Waals surface area contributed by atoms with Gasteiger partial charge in [0.1, 0.15) is 18.6 Å². The van der Waals surface area contributed by atoms with Crippen LogP contribution in [0.2, 0.25) is 0 Å². The smallest absolute Gasteiger partial charge is 0.344 e. The first-order chi connectivity index (χ1) is 14.5. The number of ether oxygens (including phenoxy) is 3. The Morgan fingerprint density at radius 2 is 1.77 bits per heavy atom. The van der Waals surface area contributed by atoms with Crippen molar-refractivity contribution >= 4 is 29.1 Å². The molecule has 0 atom stereocenters. The summed E-state index contributed by atoms with van der Waals surface area (Å²) in [5.41, 5.74) is 2.55. The van der Waals surface area contributed by atoms with E-state index in [1.165, 1.54) is 0 Å². The van der Waals surface area contributed by atoms with Gasteiger partial charge in [-0.2, -0.15) is 0 Å². The molecule has 0 saturated carbocycles. The van der Waals surface area contributed by atoms with Crippen LogP contribution >= 0.6 is 0 Å². The van der Waals surface area contributed by atoms with E-state index in [0.29, 0.717) is 28.1 Å². The number of carbonyl (C=O) groups excluding carboxylic acids is 3. The number of aldehydes is 1. The summed E-state index contributed by atoms with van der Waals surface area (Å²) < 4.78 is 15.8. The van der Waals surface area contributed by atoms with Crippen LogP contribution in [0, 0.1) is 6.92 Å². The zero-order valence-corrected chi connectivity index (χ0v) is 16.7. The Morgan fingerprint density at radius 1 is 1.03 bits per heavy atom. The number of carbonyl (C=O) groups is 3. The van der Waals surface area contributed by atoms with Gasteiger partial charge in [-0.05, 0) is 49.7 Å². The second kappa shape index (κ2) is 9.65. The molecule has 7 heteroatoms. The summed E-state index contributed by atoms with van der Waals surface area (Å²) in [7, 11) is 0. The highest BCUT2D eigenvalue weighted by molar-refractivity contribution is 5.98. The van der Waals surface area contributed by atoms with Gasteiger partial charge in [0.05, 0.1) is 23.4 Å². The minimum absolute atomic E-state index is 0.188. The van der Waals surface area contributed by atoms with Gasteiger partial charge in [0.2, 0.25) is 0 Å².